The van der Waals surface area contributed by atoms with E-state index in [2.05, 4.69) is 29.5 Å². The van der Waals surface area contributed by atoms with Crippen molar-refractivity contribution < 1.29 is 13.9 Å². The van der Waals surface area contributed by atoms with Crippen molar-refractivity contribution in [2.75, 3.05) is 19.7 Å². The van der Waals surface area contributed by atoms with Crippen LogP contribution in [0.2, 0.25) is 0 Å². The van der Waals surface area contributed by atoms with Crippen LogP contribution in [0.1, 0.15) is 39.2 Å². The van der Waals surface area contributed by atoms with Gasteiger partial charge in [0.25, 0.3) is 0 Å². The molecular formula is C18H30F2IN3O. The average Bonchev–Trinajstić information content (AvgIpc) is 2.52. The molecule has 1 atom stereocenters. The lowest BCUT2D eigenvalue weighted by molar-refractivity contribution is 0.243. The number of hydrogen-bond donors (Lipinski definition) is 3. The molecule has 1 aromatic carbocycles. The van der Waals surface area contributed by atoms with Gasteiger partial charge in [-0.1, -0.05) is 13.8 Å². The topological polar surface area (TPSA) is 56.7 Å². The van der Waals surface area contributed by atoms with E-state index in [4.69, 9.17) is 0 Å². The van der Waals surface area contributed by atoms with Crippen LogP contribution >= 0.6 is 24.0 Å². The summed E-state index contributed by atoms with van der Waals surface area (Å²) in [6, 6.07) is 3.37. The summed E-state index contributed by atoms with van der Waals surface area (Å²) in [5.74, 6) is 0.510. The highest BCUT2D eigenvalue weighted by molar-refractivity contribution is 14.0. The number of benzene rings is 1. The smallest absolute Gasteiger partial charge is 0.191 e. The number of aliphatic hydroxyl groups excluding tert-OH is 1. The zero-order valence-corrected chi connectivity index (χ0v) is 17.5. The maximum absolute atomic E-state index is 13.7. The molecule has 0 aliphatic heterocycles. The van der Waals surface area contributed by atoms with Gasteiger partial charge < -0.3 is 15.7 Å². The van der Waals surface area contributed by atoms with Crippen LogP contribution in [0.4, 0.5) is 8.78 Å². The first-order valence-electron chi connectivity index (χ1n) is 8.53. The molecule has 0 heterocycles. The number of guanidine groups is 1. The van der Waals surface area contributed by atoms with Crippen LogP contribution in [-0.2, 0) is 6.54 Å². The fourth-order valence-electron chi connectivity index (χ4n) is 2.56. The number of aliphatic hydroxyl groups is 1. The second kappa shape index (κ2) is 13.3. The second-order valence-corrected chi connectivity index (χ2v) is 6.32. The normalized spacial score (nSPS) is 12.7. The number of rotatable bonds is 9. The molecule has 0 amide bonds. The third-order valence-electron chi connectivity index (χ3n) is 3.66. The summed E-state index contributed by atoms with van der Waals surface area (Å²) in [7, 11) is 0. The number of nitrogens with zero attached hydrogens (tertiary/aromatic N) is 1. The predicted octanol–water partition coefficient (Wildman–Crippen LogP) is 3.68. The van der Waals surface area contributed by atoms with Gasteiger partial charge in [-0.2, -0.15) is 0 Å². The molecule has 7 heteroatoms. The van der Waals surface area contributed by atoms with Crippen molar-refractivity contribution in [2.45, 2.75) is 40.2 Å². The van der Waals surface area contributed by atoms with Gasteiger partial charge >= 0.3 is 0 Å². The van der Waals surface area contributed by atoms with Crippen molar-refractivity contribution in [3.63, 3.8) is 0 Å². The molecule has 0 spiro atoms. The third kappa shape index (κ3) is 9.94. The van der Waals surface area contributed by atoms with E-state index in [0.29, 0.717) is 30.9 Å². The van der Waals surface area contributed by atoms with Crippen molar-refractivity contribution in [3.05, 3.63) is 35.4 Å². The zero-order valence-electron chi connectivity index (χ0n) is 15.2. The van der Waals surface area contributed by atoms with Gasteiger partial charge in [-0.05, 0) is 49.8 Å². The van der Waals surface area contributed by atoms with Gasteiger partial charge in [0, 0.05) is 25.3 Å². The number of nitrogens with one attached hydrogen (secondary N) is 2. The molecule has 3 N–H and O–H groups in total. The Morgan fingerprint density at radius 2 is 1.96 bits per heavy atom. The van der Waals surface area contributed by atoms with Gasteiger partial charge in [0.05, 0.1) is 6.54 Å². The largest absolute Gasteiger partial charge is 0.396 e. The molecule has 4 nitrogen and oxygen atoms in total. The Balaban J connectivity index is 0.00000576. The van der Waals surface area contributed by atoms with Crippen LogP contribution in [0, 0.1) is 23.5 Å². The molecule has 0 aromatic heterocycles. The van der Waals surface area contributed by atoms with Crippen LogP contribution in [0.15, 0.2) is 23.2 Å². The fraction of sp³-hybridized carbons (Fsp3) is 0.611. The average molecular weight is 469 g/mol. The van der Waals surface area contributed by atoms with E-state index in [1.807, 2.05) is 6.92 Å². The lowest BCUT2D eigenvalue weighted by atomic mass is 9.94. The van der Waals surface area contributed by atoms with E-state index in [0.717, 1.165) is 31.0 Å². The molecule has 0 aliphatic carbocycles. The van der Waals surface area contributed by atoms with Gasteiger partial charge in [0.15, 0.2) is 5.96 Å². The molecule has 1 unspecified atom stereocenters. The number of hydrogen-bond acceptors (Lipinski definition) is 2. The lowest BCUT2D eigenvalue weighted by Gasteiger charge is -2.20. The van der Waals surface area contributed by atoms with Gasteiger partial charge in [-0.25, -0.2) is 13.8 Å². The molecule has 0 bridgehead atoms. The van der Waals surface area contributed by atoms with E-state index in [-0.39, 0.29) is 42.7 Å². The third-order valence-corrected chi connectivity index (χ3v) is 3.66. The first-order chi connectivity index (χ1) is 11.5. The van der Waals surface area contributed by atoms with E-state index >= 15 is 0 Å². The van der Waals surface area contributed by atoms with Crippen LogP contribution in [0.25, 0.3) is 0 Å². The minimum atomic E-state index is -0.473. The minimum absolute atomic E-state index is 0. The summed E-state index contributed by atoms with van der Waals surface area (Å²) in [6.45, 7) is 7.81. The highest BCUT2D eigenvalue weighted by Crippen LogP contribution is 2.14. The van der Waals surface area contributed by atoms with Crippen molar-refractivity contribution in [1.29, 1.82) is 0 Å². The van der Waals surface area contributed by atoms with E-state index in [9.17, 15) is 13.9 Å². The Morgan fingerprint density at radius 1 is 1.24 bits per heavy atom. The molecule has 144 valence electrons. The summed E-state index contributed by atoms with van der Waals surface area (Å²) < 4.78 is 26.9. The van der Waals surface area contributed by atoms with Crippen molar-refractivity contribution in [1.82, 2.24) is 10.6 Å². The summed E-state index contributed by atoms with van der Waals surface area (Å²) in [4.78, 5) is 4.32. The number of halogens is 3. The van der Waals surface area contributed by atoms with E-state index in [1.54, 1.807) is 0 Å². The lowest BCUT2D eigenvalue weighted by Crippen LogP contribution is -2.40. The van der Waals surface area contributed by atoms with E-state index < -0.39 is 11.6 Å². The minimum Gasteiger partial charge on any atom is -0.396 e. The molecule has 0 saturated carbocycles. The Labute approximate surface area is 166 Å². The Kier molecular flexibility index (Phi) is 12.8. The maximum atomic E-state index is 13.7. The fourth-order valence-corrected chi connectivity index (χ4v) is 2.56. The first kappa shape index (κ1) is 24.0. The molecular weight excluding hydrogens is 439 g/mol. The highest BCUT2D eigenvalue weighted by atomic mass is 127. The van der Waals surface area contributed by atoms with Crippen LogP contribution in [0.3, 0.4) is 0 Å². The van der Waals surface area contributed by atoms with Crippen LogP contribution in [-0.4, -0.2) is 30.8 Å². The van der Waals surface area contributed by atoms with Crippen LogP contribution < -0.4 is 10.6 Å². The molecule has 1 rings (SSSR count). The number of aliphatic imine (C=N–C) groups is 1. The van der Waals surface area contributed by atoms with Crippen molar-refractivity contribution >= 4 is 29.9 Å². The molecule has 0 saturated heterocycles. The monoisotopic (exact) mass is 469 g/mol. The van der Waals surface area contributed by atoms with Crippen LogP contribution in [0.5, 0.6) is 0 Å². The highest BCUT2D eigenvalue weighted by Gasteiger charge is 2.11. The summed E-state index contributed by atoms with van der Waals surface area (Å²) in [5.41, 5.74) is 0.223. The Morgan fingerprint density at radius 3 is 2.56 bits per heavy atom. The summed E-state index contributed by atoms with van der Waals surface area (Å²) in [5, 5.41) is 15.5. The van der Waals surface area contributed by atoms with Crippen molar-refractivity contribution in [2.24, 2.45) is 16.8 Å². The summed E-state index contributed by atoms with van der Waals surface area (Å²) >= 11 is 0. The van der Waals surface area contributed by atoms with E-state index in [1.165, 1.54) is 0 Å². The zero-order chi connectivity index (χ0) is 17.9. The molecule has 1 aromatic rings. The van der Waals surface area contributed by atoms with Gasteiger partial charge in [-0.3, -0.25) is 0 Å². The first-order valence-corrected chi connectivity index (χ1v) is 8.53. The SMILES string of the molecule is CCNC(=NCc1cc(F)ccc1F)NCC(CCO)CC(C)C.I. The van der Waals surface area contributed by atoms with Gasteiger partial charge in [-0.15, -0.1) is 24.0 Å². The maximum Gasteiger partial charge on any atom is 0.191 e. The van der Waals surface area contributed by atoms with Gasteiger partial charge in [0.1, 0.15) is 11.6 Å². The molecule has 0 fully saturated rings. The van der Waals surface area contributed by atoms with Gasteiger partial charge in [0.2, 0.25) is 0 Å². The summed E-state index contributed by atoms with van der Waals surface area (Å²) in [6.07, 6.45) is 1.73. The Bertz CT molecular complexity index is 527. The Hall–Kier alpha value is -0.960. The second-order valence-electron chi connectivity index (χ2n) is 6.32. The molecule has 25 heavy (non-hydrogen) atoms. The van der Waals surface area contributed by atoms with Crippen molar-refractivity contribution in [3.8, 4) is 0 Å². The standard InChI is InChI=1S/C18H29F2N3O.HI/c1-4-21-18(22-11-14(7-8-24)9-13(2)3)23-12-15-10-16(19)5-6-17(15)20;/h5-6,10,13-14,24H,4,7-9,11-12H2,1-3H3,(H2,21,22,23);1H. The molecule has 0 aliphatic rings. The molecule has 0 radical (unpaired) electrons. The quantitative estimate of drug-likeness (QED) is 0.294. The predicted molar refractivity (Wildman–Crippen MR) is 109 cm³/mol.